The maximum atomic E-state index is 12.9. The zero-order valence-electron chi connectivity index (χ0n) is 7.14. The fourth-order valence-corrected chi connectivity index (χ4v) is 1.70. The molecule has 5 heteroatoms. The summed E-state index contributed by atoms with van der Waals surface area (Å²) in [4.78, 5) is 1.41. The van der Waals surface area contributed by atoms with Crippen LogP contribution in [0.15, 0.2) is 11.6 Å². The molecular formula is C8H12ClF2NO. The lowest BCUT2D eigenvalue weighted by atomic mass is 10.1. The first kappa shape index (κ1) is 10.9. The minimum absolute atomic E-state index is 0.203. The number of piperidine rings is 1. The van der Waals surface area contributed by atoms with Crippen LogP contribution in [-0.2, 0) is 0 Å². The van der Waals surface area contributed by atoms with Crippen LogP contribution >= 0.6 is 11.6 Å². The molecule has 1 fully saturated rings. The van der Waals surface area contributed by atoms with Crippen molar-refractivity contribution in [3.8, 4) is 0 Å². The predicted octanol–water partition coefficient (Wildman–Crippen LogP) is 1.44. The zero-order valence-corrected chi connectivity index (χ0v) is 7.90. The SMILES string of the molecule is C=C(Cl)CN1CC(O)CC(F)(F)C1. The Balaban J connectivity index is 2.52. The van der Waals surface area contributed by atoms with Crippen molar-refractivity contribution in [2.45, 2.75) is 18.4 Å². The fourth-order valence-electron chi connectivity index (χ4n) is 1.53. The maximum absolute atomic E-state index is 12.9. The second-order valence-electron chi connectivity index (χ2n) is 3.40. The Morgan fingerprint density at radius 3 is 2.77 bits per heavy atom. The highest BCUT2D eigenvalue weighted by Crippen LogP contribution is 2.27. The number of hydrogen-bond acceptors (Lipinski definition) is 2. The third kappa shape index (κ3) is 3.58. The van der Waals surface area contributed by atoms with Gasteiger partial charge in [-0.2, -0.15) is 0 Å². The van der Waals surface area contributed by atoms with Gasteiger partial charge in [0.1, 0.15) is 0 Å². The molecule has 1 N–H and O–H groups in total. The van der Waals surface area contributed by atoms with Crippen LogP contribution in [-0.4, -0.2) is 41.7 Å². The maximum Gasteiger partial charge on any atom is 0.263 e. The molecule has 0 aromatic carbocycles. The first-order valence-corrected chi connectivity index (χ1v) is 4.38. The molecule has 1 saturated heterocycles. The molecule has 0 radical (unpaired) electrons. The van der Waals surface area contributed by atoms with Gasteiger partial charge in [0.2, 0.25) is 0 Å². The van der Waals surface area contributed by atoms with Crippen molar-refractivity contribution >= 4 is 11.6 Å². The van der Waals surface area contributed by atoms with Crippen molar-refractivity contribution in [1.82, 2.24) is 4.90 Å². The molecule has 0 amide bonds. The summed E-state index contributed by atoms with van der Waals surface area (Å²) in [6.45, 7) is 3.51. The molecule has 1 rings (SSSR count). The number of aliphatic hydroxyl groups is 1. The Bertz CT molecular complexity index is 210. The molecular weight excluding hydrogens is 200 g/mol. The largest absolute Gasteiger partial charge is 0.392 e. The number of alkyl halides is 2. The number of rotatable bonds is 2. The Morgan fingerprint density at radius 2 is 2.31 bits per heavy atom. The van der Waals surface area contributed by atoms with Gasteiger partial charge in [-0.25, -0.2) is 8.78 Å². The molecule has 0 saturated carbocycles. The third-order valence-electron chi connectivity index (χ3n) is 1.85. The molecule has 13 heavy (non-hydrogen) atoms. The minimum atomic E-state index is -2.82. The summed E-state index contributed by atoms with van der Waals surface area (Å²) in [5, 5.41) is 9.44. The highest BCUT2D eigenvalue weighted by Gasteiger charge is 2.39. The van der Waals surface area contributed by atoms with E-state index < -0.39 is 18.4 Å². The van der Waals surface area contributed by atoms with Crippen LogP contribution in [0, 0.1) is 0 Å². The van der Waals surface area contributed by atoms with E-state index in [1.54, 1.807) is 0 Å². The summed E-state index contributed by atoms with van der Waals surface area (Å²) in [6.07, 6.45) is -1.43. The molecule has 0 aromatic heterocycles. The molecule has 1 aliphatic heterocycles. The van der Waals surface area contributed by atoms with Crippen LogP contribution in [0.1, 0.15) is 6.42 Å². The van der Waals surface area contributed by atoms with Gasteiger partial charge in [-0.3, -0.25) is 4.90 Å². The Hall–Kier alpha value is -0.190. The Morgan fingerprint density at radius 1 is 1.69 bits per heavy atom. The monoisotopic (exact) mass is 211 g/mol. The van der Waals surface area contributed by atoms with Crippen molar-refractivity contribution in [3.05, 3.63) is 11.6 Å². The van der Waals surface area contributed by atoms with E-state index in [-0.39, 0.29) is 19.6 Å². The van der Waals surface area contributed by atoms with Gasteiger partial charge in [0, 0.05) is 24.5 Å². The van der Waals surface area contributed by atoms with Gasteiger partial charge in [0.05, 0.1) is 12.6 Å². The van der Waals surface area contributed by atoms with Crippen LogP contribution in [0.5, 0.6) is 0 Å². The second kappa shape index (κ2) is 3.90. The average molecular weight is 212 g/mol. The van der Waals surface area contributed by atoms with E-state index >= 15 is 0 Å². The lowest BCUT2D eigenvalue weighted by Gasteiger charge is -2.35. The van der Waals surface area contributed by atoms with Gasteiger partial charge in [-0.1, -0.05) is 18.2 Å². The molecule has 1 atom stereocenters. The first-order valence-electron chi connectivity index (χ1n) is 4.00. The normalized spacial score (nSPS) is 28.8. The van der Waals surface area contributed by atoms with Crippen molar-refractivity contribution in [1.29, 1.82) is 0 Å². The summed E-state index contributed by atoms with van der Waals surface area (Å²) in [5.74, 6) is -2.82. The van der Waals surface area contributed by atoms with Crippen LogP contribution in [0.3, 0.4) is 0 Å². The van der Waals surface area contributed by atoms with E-state index in [0.717, 1.165) is 0 Å². The van der Waals surface area contributed by atoms with E-state index in [2.05, 4.69) is 6.58 Å². The van der Waals surface area contributed by atoms with Gasteiger partial charge >= 0.3 is 0 Å². The molecule has 0 bridgehead atoms. The van der Waals surface area contributed by atoms with E-state index in [1.807, 2.05) is 0 Å². The van der Waals surface area contributed by atoms with Gasteiger partial charge < -0.3 is 5.11 Å². The van der Waals surface area contributed by atoms with Gasteiger partial charge in [0.15, 0.2) is 0 Å². The summed E-state index contributed by atoms with van der Waals surface area (Å²) >= 11 is 5.49. The number of aliphatic hydroxyl groups excluding tert-OH is 1. The summed E-state index contributed by atoms with van der Waals surface area (Å²) < 4.78 is 25.8. The van der Waals surface area contributed by atoms with E-state index in [1.165, 1.54) is 4.90 Å². The van der Waals surface area contributed by atoms with Crippen molar-refractivity contribution in [2.24, 2.45) is 0 Å². The number of hydrogen-bond donors (Lipinski definition) is 1. The van der Waals surface area contributed by atoms with Crippen molar-refractivity contribution in [3.63, 3.8) is 0 Å². The molecule has 0 aromatic rings. The van der Waals surface area contributed by atoms with Crippen LogP contribution < -0.4 is 0 Å². The molecule has 1 aliphatic rings. The summed E-state index contributed by atoms with van der Waals surface area (Å²) in [6, 6.07) is 0. The number of β-amino-alcohol motifs (C(OH)–C–C–N with tert-alkyl or cyclic N) is 1. The smallest absolute Gasteiger partial charge is 0.263 e. The summed E-state index contributed by atoms with van der Waals surface area (Å²) in [5.41, 5.74) is 0. The summed E-state index contributed by atoms with van der Waals surface area (Å²) in [7, 11) is 0. The van der Waals surface area contributed by atoms with E-state index in [4.69, 9.17) is 16.7 Å². The molecule has 0 spiro atoms. The Labute approximate surface area is 80.8 Å². The lowest BCUT2D eigenvalue weighted by Crippen LogP contribution is -2.49. The van der Waals surface area contributed by atoms with Gasteiger partial charge in [0.25, 0.3) is 5.92 Å². The van der Waals surface area contributed by atoms with Crippen molar-refractivity contribution in [2.75, 3.05) is 19.6 Å². The lowest BCUT2D eigenvalue weighted by molar-refractivity contribution is -0.104. The standard InChI is InChI=1S/C8H12ClF2NO/c1-6(9)3-12-4-7(13)2-8(10,11)5-12/h7,13H,1-5H2. The van der Waals surface area contributed by atoms with Crippen molar-refractivity contribution < 1.29 is 13.9 Å². The average Bonchev–Trinajstić information content (AvgIpc) is 1.78. The highest BCUT2D eigenvalue weighted by atomic mass is 35.5. The second-order valence-corrected chi connectivity index (χ2v) is 3.94. The third-order valence-corrected chi connectivity index (χ3v) is 1.97. The fraction of sp³-hybridized carbons (Fsp3) is 0.750. The van der Waals surface area contributed by atoms with Crippen LogP contribution in [0.2, 0.25) is 0 Å². The quantitative estimate of drug-likeness (QED) is 0.747. The van der Waals surface area contributed by atoms with Crippen LogP contribution in [0.4, 0.5) is 8.78 Å². The molecule has 1 heterocycles. The predicted molar refractivity (Wildman–Crippen MR) is 47.0 cm³/mol. The minimum Gasteiger partial charge on any atom is -0.392 e. The zero-order chi connectivity index (χ0) is 10.1. The first-order chi connectivity index (χ1) is 5.89. The van der Waals surface area contributed by atoms with Gasteiger partial charge in [-0.15, -0.1) is 0 Å². The van der Waals surface area contributed by atoms with Crippen LogP contribution in [0.25, 0.3) is 0 Å². The molecule has 2 nitrogen and oxygen atoms in total. The topological polar surface area (TPSA) is 23.5 Å². The van der Waals surface area contributed by atoms with Gasteiger partial charge in [-0.05, 0) is 0 Å². The Kier molecular flexibility index (Phi) is 3.27. The molecule has 76 valence electrons. The number of halogens is 3. The molecule has 1 unspecified atom stereocenters. The highest BCUT2D eigenvalue weighted by molar-refractivity contribution is 6.29. The number of likely N-dealkylation sites (tertiary alicyclic amines) is 1. The van der Waals surface area contributed by atoms with E-state index in [9.17, 15) is 8.78 Å². The van der Waals surface area contributed by atoms with E-state index in [0.29, 0.717) is 5.03 Å². The molecule has 0 aliphatic carbocycles. The number of nitrogens with zero attached hydrogens (tertiary/aromatic N) is 1.